The fourth-order valence-electron chi connectivity index (χ4n) is 1.23. The van der Waals surface area contributed by atoms with E-state index >= 15 is 0 Å². The van der Waals surface area contributed by atoms with Crippen LogP contribution in [0.2, 0.25) is 0 Å². The summed E-state index contributed by atoms with van der Waals surface area (Å²) in [5.41, 5.74) is 1.16. The summed E-state index contributed by atoms with van der Waals surface area (Å²) in [7, 11) is 1.87. The molecule has 1 rings (SSSR count). The summed E-state index contributed by atoms with van der Waals surface area (Å²) < 4.78 is 0. The molecule has 1 aromatic rings. The fraction of sp³-hybridized carbons (Fsp3) is 0.333. The van der Waals surface area contributed by atoms with Gasteiger partial charge >= 0.3 is 0 Å². The molecule has 0 radical (unpaired) electrons. The lowest BCUT2D eigenvalue weighted by Gasteiger charge is -2.20. The number of benzene rings is 1. The first-order valence-electron chi connectivity index (χ1n) is 5.22. The van der Waals surface area contributed by atoms with Crippen LogP contribution < -0.4 is 5.32 Å². The number of rotatable bonds is 3. The molecule has 0 bridgehead atoms. The van der Waals surface area contributed by atoms with E-state index in [1.807, 2.05) is 42.3 Å². The van der Waals surface area contributed by atoms with Gasteiger partial charge in [0.25, 0.3) is 0 Å². The van der Waals surface area contributed by atoms with E-state index in [0.29, 0.717) is 18.1 Å². The predicted octanol–water partition coefficient (Wildman–Crippen LogP) is 1.93. The van der Waals surface area contributed by atoms with Gasteiger partial charge in [0.1, 0.15) is 0 Å². The van der Waals surface area contributed by atoms with Crippen LogP contribution in [0.15, 0.2) is 30.3 Å². The summed E-state index contributed by atoms with van der Waals surface area (Å²) >= 11 is 5.11. The topological polar surface area (TPSA) is 32.3 Å². The highest BCUT2D eigenvalue weighted by Crippen LogP contribution is 2.02. The third-order valence-corrected chi connectivity index (χ3v) is 2.59. The lowest BCUT2D eigenvalue weighted by atomic mass is 10.2. The average Bonchev–Trinajstić information content (AvgIpc) is 2.30. The fourth-order valence-corrected chi connectivity index (χ4v) is 1.41. The number of hydrogen-bond acceptors (Lipinski definition) is 2. The Balaban J connectivity index is 2.49. The molecule has 1 N–H and O–H groups in total. The Labute approximate surface area is 101 Å². The van der Waals surface area contributed by atoms with Crippen molar-refractivity contribution < 1.29 is 4.79 Å². The average molecular weight is 236 g/mol. The molecule has 0 aliphatic heterocycles. The Hall–Kier alpha value is -1.42. The molecule has 4 heteroatoms. The van der Waals surface area contributed by atoms with Gasteiger partial charge < -0.3 is 10.2 Å². The molecule has 0 aliphatic rings. The van der Waals surface area contributed by atoms with Crippen LogP contribution in [0, 0.1) is 0 Å². The number of amides is 1. The summed E-state index contributed by atoms with van der Waals surface area (Å²) in [6, 6.07) is 10.00. The highest BCUT2D eigenvalue weighted by Gasteiger charge is 2.07. The molecule has 16 heavy (non-hydrogen) atoms. The van der Waals surface area contributed by atoms with Crippen LogP contribution in [0.25, 0.3) is 0 Å². The van der Waals surface area contributed by atoms with E-state index in [9.17, 15) is 4.79 Å². The zero-order valence-electron chi connectivity index (χ0n) is 9.56. The van der Waals surface area contributed by atoms with Gasteiger partial charge in [-0.1, -0.05) is 37.3 Å². The maximum atomic E-state index is 11.2. The molecule has 1 aromatic carbocycles. The van der Waals surface area contributed by atoms with Crippen LogP contribution in [-0.2, 0) is 11.3 Å². The molecule has 0 saturated carbocycles. The maximum Gasteiger partial charge on any atom is 0.225 e. The molecule has 0 spiro atoms. The number of nitrogens with zero attached hydrogens (tertiary/aromatic N) is 1. The van der Waals surface area contributed by atoms with E-state index in [1.165, 1.54) is 0 Å². The van der Waals surface area contributed by atoms with Crippen molar-refractivity contribution in [2.24, 2.45) is 0 Å². The third kappa shape index (κ3) is 3.98. The quantitative estimate of drug-likeness (QED) is 0.814. The minimum Gasteiger partial charge on any atom is -0.348 e. The van der Waals surface area contributed by atoms with E-state index in [1.54, 1.807) is 6.92 Å². The molecule has 0 atom stereocenters. The van der Waals surface area contributed by atoms with E-state index in [0.717, 1.165) is 5.56 Å². The van der Waals surface area contributed by atoms with Gasteiger partial charge in [0.2, 0.25) is 5.91 Å². The van der Waals surface area contributed by atoms with Gasteiger partial charge in [0.15, 0.2) is 5.11 Å². The van der Waals surface area contributed by atoms with Gasteiger partial charge in [-0.25, -0.2) is 0 Å². The van der Waals surface area contributed by atoms with Crippen molar-refractivity contribution in [1.29, 1.82) is 0 Å². The summed E-state index contributed by atoms with van der Waals surface area (Å²) in [5, 5.41) is 3.14. The van der Waals surface area contributed by atoms with Gasteiger partial charge in [-0.05, 0) is 17.8 Å². The minimum absolute atomic E-state index is 0.0510. The molecule has 0 aromatic heterocycles. The largest absolute Gasteiger partial charge is 0.348 e. The van der Waals surface area contributed by atoms with Crippen LogP contribution in [0.1, 0.15) is 18.9 Å². The Morgan fingerprint density at radius 1 is 1.38 bits per heavy atom. The number of nitrogens with one attached hydrogen (secondary N) is 1. The second kappa shape index (κ2) is 6.23. The molecule has 3 nitrogen and oxygen atoms in total. The lowest BCUT2D eigenvalue weighted by Crippen LogP contribution is -2.39. The van der Waals surface area contributed by atoms with Crippen LogP contribution in [0.4, 0.5) is 0 Å². The third-order valence-electron chi connectivity index (χ3n) is 2.18. The molecule has 0 unspecified atom stereocenters. The zero-order chi connectivity index (χ0) is 12.0. The standard InChI is InChI=1S/C12H16N2OS/c1-3-11(15)13-12(16)14(2)9-10-7-5-4-6-8-10/h4-8H,3,9H2,1-2H3,(H,13,15,16). The van der Waals surface area contributed by atoms with Crippen molar-refractivity contribution in [2.45, 2.75) is 19.9 Å². The van der Waals surface area contributed by atoms with Gasteiger partial charge in [0.05, 0.1) is 0 Å². The van der Waals surface area contributed by atoms with E-state index in [4.69, 9.17) is 12.2 Å². The molecule has 0 fully saturated rings. The second-order valence-corrected chi connectivity index (χ2v) is 3.94. The highest BCUT2D eigenvalue weighted by atomic mass is 32.1. The molecular formula is C12H16N2OS. The molecule has 86 valence electrons. The molecule has 0 aliphatic carbocycles. The van der Waals surface area contributed by atoms with Crippen molar-refractivity contribution in [3.63, 3.8) is 0 Å². The molecule has 0 heterocycles. The smallest absolute Gasteiger partial charge is 0.225 e. The minimum atomic E-state index is -0.0510. The Morgan fingerprint density at radius 3 is 2.56 bits per heavy atom. The van der Waals surface area contributed by atoms with Gasteiger partial charge in [-0.2, -0.15) is 0 Å². The summed E-state index contributed by atoms with van der Waals surface area (Å²) in [4.78, 5) is 13.0. The van der Waals surface area contributed by atoms with Crippen molar-refractivity contribution >= 4 is 23.2 Å². The summed E-state index contributed by atoms with van der Waals surface area (Å²) in [6.45, 7) is 2.50. The van der Waals surface area contributed by atoms with Gasteiger partial charge in [-0.3, -0.25) is 4.79 Å². The van der Waals surface area contributed by atoms with Crippen molar-refractivity contribution in [3.05, 3.63) is 35.9 Å². The second-order valence-electron chi connectivity index (χ2n) is 3.55. The van der Waals surface area contributed by atoms with E-state index < -0.39 is 0 Å². The molecule has 1 amide bonds. The summed E-state index contributed by atoms with van der Waals surface area (Å²) in [6.07, 6.45) is 0.444. The number of thiocarbonyl (C=S) groups is 1. The first-order chi connectivity index (χ1) is 7.63. The van der Waals surface area contributed by atoms with Crippen LogP contribution in [0.5, 0.6) is 0 Å². The Bertz CT molecular complexity index is 365. The predicted molar refractivity (Wildman–Crippen MR) is 68.9 cm³/mol. The number of carbonyl (C=O) groups excluding carboxylic acids is 1. The highest BCUT2D eigenvalue weighted by molar-refractivity contribution is 7.80. The SMILES string of the molecule is CCC(=O)NC(=S)N(C)Cc1ccccc1. The first-order valence-corrected chi connectivity index (χ1v) is 5.63. The summed E-state index contributed by atoms with van der Waals surface area (Å²) in [5.74, 6) is -0.0510. The Morgan fingerprint density at radius 2 is 2.00 bits per heavy atom. The number of carbonyl (C=O) groups is 1. The Kier molecular flexibility index (Phi) is 4.92. The maximum absolute atomic E-state index is 11.2. The van der Waals surface area contributed by atoms with Gasteiger partial charge in [0, 0.05) is 20.0 Å². The van der Waals surface area contributed by atoms with Crippen molar-refractivity contribution in [3.8, 4) is 0 Å². The molecular weight excluding hydrogens is 220 g/mol. The van der Waals surface area contributed by atoms with Crippen LogP contribution in [0.3, 0.4) is 0 Å². The van der Waals surface area contributed by atoms with E-state index in [2.05, 4.69) is 5.32 Å². The van der Waals surface area contributed by atoms with Gasteiger partial charge in [-0.15, -0.1) is 0 Å². The lowest BCUT2D eigenvalue weighted by molar-refractivity contribution is -0.119. The first kappa shape index (κ1) is 12.6. The normalized spacial score (nSPS) is 9.62. The van der Waals surface area contributed by atoms with Crippen molar-refractivity contribution in [1.82, 2.24) is 10.2 Å². The monoisotopic (exact) mass is 236 g/mol. The van der Waals surface area contributed by atoms with Crippen LogP contribution in [-0.4, -0.2) is 23.0 Å². The molecule has 0 saturated heterocycles. The zero-order valence-corrected chi connectivity index (χ0v) is 10.4. The van der Waals surface area contributed by atoms with E-state index in [-0.39, 0.29) is 5.91 Å². The van der Waals surface area contributed by atoms with Crippen molar-refractivity contribution in [2.75, 3.05) is 7.05 Å². The number of hydrogen-bond donors (Lipinski definition) is 1. The van der Waals surface area contributed by atoms with Crippen LogP contribution >= 0.6 is 12.2 Å².